The Balaban J connectivity index is 1.30. The van der Waals surface area contributed by atoms with E-state index < -0.39 is 11.9 Å². The topological polar surface area (TPSA) is 108 Å². The molecule has 0 spiro atoms. The molecule has 2 amide bonds. The Bertz CT molecular complexity index is 965. The molecule has 170 valence electrons. The van der Waals surface area contributed by atoms with Crippen LogP contribution in [-0.4, -0.2) is 76.7 Å². The number of carboxylic acid groups (broad SMARTS) is 1. The summed E-state index contributed by atoms with van der Waals surface area (Å²) in [4.78, 5) is 36.9. The number of hydrogen-bond acceptors (Lipinski definition) is 6. The highest BCUT2D eigenvalue weighted by molar-refractivity contribution is 5.80. The summed E-state index contributed by atoms with van der Waals surface area (Å²) in [5.41, 5.74) is 2.85. The third-order valence-electron chi connectivity index (χ3n) is 6.07. The summed E-state index contributed by atoms with van der Waals surface area (Å²) in [6, 6.07) is 7.42. The van der Waals surface area contributed by atoms with Gasteiger partial charge in [-0.1, -0.05) is 12.1 Å². The van der Waals surface area contributed by atoms with Crippen molar-refractivity contribution in [2.75, 3.05) is 45.2 Å². The quantitative estimate of drug-likeness (QED) is 0.618. The normalized spacial score (nSPS) is 16.5. The molecule has 2 aliphatic heterocycles. The van der Waals surface area contributed by atoms with Crippen LogP contribution in [0.15, 0.2) is 30.5 Å². The number of amides is 2. The highest BCUT2D eigenvalue weighted by Crippen LogP contribution is 2.23. The number of nitrogens with zero attached hydrogens (tertiary/aromatic N) is 4. The second-order valence-electron chi connectivity index (χ2n) is 8.18. The Kier molecular flexibility index (Phi) is 6.72. The highest BCUT2D eigenvalue weighted by Gasteiger charge is 2.32. The SMILES string of the molecule is COc1ccc([C@H](CN2CCN(CCCc3ccc4c(n3)NCCC4)C2=O)C(=O)O)cn1. The smallest absolute Gasteiger partial charge is 0.320 e. The van der Waals surface area contributed by atoms with Gasteiger partial charge in [0.25, 0.3) is 0 Å². The van der Waals surface area contributed by atoms with Crippen LogP contribution in [0.3, 0.4) is 0 Å². The van der Waals surface area contributed by atoms with Crippen molar-refractivity contribution in [1.82, 2.24) is 19.8 Å². The Hall–Kier alpha value is -3.36. The number of aliphatic carboxylic acids is 1. The average molecular weight is 440 g/mol. The molecule has 0 bridgehead atoms. The van der Waals surface area contributed by atoms with Crippen LogP contribution in [0.1, 0.15) is 35.6 Å². The number of methoxy groups -OCH3 is 1. The van der Waals surface area contributed by atoms with Gasteiger partial charge in [0.05, 0.1) is 7.11 Å². The van der Waals surface area contributed by atoms with E-state index in [4.69, 9.17) is 9.72 Å². The number of nitrogens with one attached hydrogen (secondary N) is 1. The number of carbonyl (C=O) groups excluding carboxylic acids is 1. The van der Waals surface area contributed by atoms with Gasteiger partial charge in [0.2, 0.25) is 5.88 Å². The van der Waals surface area contributed by atoms with Gasteiger partial charge in [0.15, 0.2) is 0 Å². The number of pyridine rings is 2. The maximum atomic E-state index is 12.8. The molecule has 0 radical (unpaired) electrons. The zero-order valence-corrected chi connectivity index (χ0v) is 18.3. The summed E-state index contributed by atoms with van der Waals surface area (Å²) in [6.07, 6.45) is 5.32. The van der Waals surface area contributed by atoms with Crippen LogP contribution in [0.4, 0.5) is 10.6 Å². The van der Waals surface area contributed by atoms with Crippen LogP contribution in [0, 0.1) is 0 Å². The van der Waals surface area contributed by atoms with E-state index in [-0.39, 0.29) is 12.6 Å². The van der Waals surface area contributed by atoms with E-state index in [1.807, 2.05) is 0 Å². The fourth-order valence-electron chi connectivity index (χ4n) is 4.23. The van der Waals surface area contributed by atoms with Gasteiger partial charge in [-0.2, -0.15) is 0 Å². The first kappa shape index (κ1) is 21.9. The van der Waals surface area contributed by atoms with Crippen molar-refractivity contribution >= 4 is 17.8 Å². The molecule has 0 aliphatic carbocycles. The molecular formula is C23H29N5O4. The van der Waals surface area contributed by atoms with Crippen molar-refractivity contribution in [3.63, 3.8) is 0 Å². The molecule has 1 saturated heterocycles. The van der Waals surface area contributed by atoms with E-state index in [2.05, 4.69) is 22.4 Å². The first-order chi connectivity index (χ1) is 15.5. The van der Waals surface area contributed by atoms with Crippen LogP contribution in [0.5, 0.6) is 5.88 Å². The van der Waals surface area contributed by atoms with Gasteiger partial charge in [-0.3, -0.25) is 4.79 Å². The predicted molar refractivity (Wildman–Crippen MR) is 119 cm³/mol. The van der Waals surface area contributed by atoms with Crippen LogP contribution in [0.25, 0.3) is 0 Å². The number of anilines is 1. The first-order valence-corrected chi connectivity index (χ1v) is 11.0. The maximum absolute atomic E-state index is 12.8. The molecule has 0 aromatic carbocycles. The summed E-state index contributed by atoms with van der Waals surface area (Å²) in [7, 11) is 1.51. The molecule has 2 N–H and O–H groups in total. The number of hydrogen-bond donors (Lipinski definition) is 2. The Morgan fingerprint density at radius 1 is 1.25 bits per heavy atom. The lowest BCUT2D eigenvalue weighted by Crippen LogP contribution is -2.36. The van der Waals surface area contributed by atoms with Gasteiger partial charge in [0, 0.05) is 50.7 Å². The molecule has 2 aromatic rings. The molecule has 32 heavy (non-hydrogen) atoms. The van der Waals surface area contributed by atoms with Crippen LogP contribution in [0.2, 0.25) is 0 Å². The van der Waals surface area contributed by atoms with Crippen molar-refractivity contribution in [2.24, 2.45) is 0 Å². The van der Waals surface area contributed by atoms with Crippen molar-refractivity contribution in [3.05, 3.63) is 47.3 Å². The second kappa shape index (κ2) is 9.84. The van der Waals surface area contributed by atoms with Gasteiger partial charge < -0.3 is 25.0 Å². The van der Waals surface area contributed by atoms with Gasteiger partial charge in [0.1, 0.15) is 11.7 Å². The zero-order valence-electron chi connectivity index (χ0n) is 18.3. The average Bonchev–Trinajstić information content (AvgIpc) is 3.16. The first-order valence-electron chi connectivity index (χ1n) is 11.0. The molecule has 1 fully saturated rings. The van der Waals surface area contributed by atoms with E-state index in [0.717, 1.165) is 43.7 Å². The molecule has 9 nitrogen and oxygen atoms in total. The molecule has 2 aliphatic rings. The lowest BCUT2D eigenvalue weighted by atomic mass is 10.0. The summed E-state index contributed by atoms with van der Waals surface area (Å²) in [5.74, 6) is -0.393. The third kappa shape index (κ3) is 4.92. The lowest BCUT2D eigenvalue weighted by Gasteiger charge is -2.22. The molecular weight excluding hydrogens is 410 g/mol. The van der Waals surface area contributed by atoms with Crippen LogP contribution >= 0.6 is 0 Å². The number of urea groups is 1. The van der Waals surface area contributed by atoms with Gasteiger partial charge in [-0.25, -0.2) is 14.8 Å². The highest BCUT2D eigenvalue weighted by atomic mass is 16.5. The van der Waals surface area contributed by atoms with Crippen LogP contribution in [-0.2, 0) is 17.6 Å². The van der Waals surface area contributed by atoms with Crippen molar-refractivity contribution in [3.8, 4) is 5.88 Å². The van der Waals surface area contributed by atoms with E-state index >= 15 is 0 Å². The number of carbonyl (C=O) groups is 2. The minimum atomic E-state index is -0.977. The molecule has 4 heterocycles. The minimum Gasteiger partial charge on any atom is -0.481 e. The van der Waals surface area contributed by atoms with Crippen molar-refractivity contribution < 1.29 is 19.4 Å². The zero-order chi connectivity index (χ0) is 22.5. The lowest BCUT2D eigenvalue weighted by molar-refractivity contribution is -0.139. The monoisotopic (exact) mass is 439 g/mol. The number of aryl methyl sites for hydroxylation is 2. The summed E-state index contributed by atoms with van der Waals surface area (Å²) in [5, 5.41) is 13.0. The molecule has 2 aromatic heterocycles. The summed E-state index contributed by atoms with van der Waals surface area (Å²) < 4.78 is 5.03. The fourth-order valence-corrected chi connectivity index (χ4v) is 4.23. The van der Waals surface area contributed by atoms with E-state index in [9.17, 15) is 14.7 Å². The van der Waals surface area contributed by atoms with Gasteiger partial charge in [-0.15, -0.1) is 0 Å². The van der Waals surface area contributed by atoms with Crippen molar-refractivity contribution in [1.29, 1.82) is 0 Å². The Morgan fingerprint density at radius 2 is 2.09 bits per heavy atom. The number of ether oxygens (including phenoxy) is 1. The van der Waals surface area contributed by atoms with E-state index in [0.29, 0.717) is 31.1 Å². The summed E-state index contributed by atoms with van der Waals surface area (Å²) >= 11 is 0. The molecule has 4 rings (SSSR count). The largest absolute Gasteiger partial charge is 0.481 e. The number of carboxylic acids is 1. The third-order valence-corrected chi connectivity index (χ3v) is 6.07. The second-order valence-corrected chi connectivity index (χ2v) is 8.18. The van der Waals surface area contributed by atoms with E-state index in [1.165, 1.54) is 18.9 Å². The Labute approximate surface area is 187 Å². The minimum absolute atomic E-state index is 0.113. The van der Waals surface area contributed by atoms with Crippen molar-refractivity contribution in [2.45, 2.75) is 31.6 Å². The predicted octanol–water partition coefficient (Wildman–Crippen LogP) is 2.38. The number of rotatable bonds is 9. The Morgan fingerprint density at radius 3 is 2.84 bits per heavy atom. The standard InChI is InChI=1S/C23H29N5O4/c1-32-20-9-7-17(14-25-20)19(22(29)30)15-28-13-12-27(23(28)31)11-3-5-18-8-6-16-4-2-10-24-21(16)26-18/h6-9,14,19H,2-5,10-13,15H2,1H3,(H,24,26)(H,29,30)/t19-/m0/s1. The molecule has 0 unspecified atom stereocenters. The maximum Gasteiger partial charge on any atom is 0.320 e. The van der Waals surface area contributed by atoms with E-state index in [1.54, 1.807) is 21.9 Å². The molecule has 0 saturated carbocycles. The number of aromatic nitrogens is 2. The van der Waals surface area contributed by atoms with Crippen LogP contribution < -0.4 is 10.1 Å². The van der Waals surface area contributed by atoms with Gasteiger partial charge in [-0.05, 0) is 42.9 Å². The van der Waals surface area contributed by atoms with Gasteiger partial charge >= 0.3 is 12.0 Å². The molecule has 1 atom stereocenters. The fraction of sp³-hybridized carbons (Fsp3) is 0.478. The molecule has 9 heteroatoms. The summed E-state index contributed by atoms with van der Waals surface area (Å²) in [6.45, 7) is 2.84. The number of fused-ring (bicyclic) bond motifs is 1.